The fourth-order valence-electron chi connectivity index (χ4n) is 3.25. The van der Waals surface area contributed by atoms with Crippen LogP contribution in [0.5, 0.6) is 5.75 Å². The van der Waals surface area contributed by atoms with Gasteiger partial charge in [0.1, 0.15) is 6.61 Å². The molecule has 0 unspecified atom stereocenters. The first-order valence-electron chi connectivity index (χ1n) is 7.91. The Morgan fingerprint density at radius 1 is 1.17 bits per heavy atom. The van der Waals surface area contributed by atoms with Crippen LogP contribution in [0, 0.1) is 11.8 Å². The van der Waals surface area contributed by atoms with Crippen molar-refractivity contribution in [1.82, 2.24) is 10.3 Å². The van der Waals surface area contributed by atoms with Gasteiger partial charge in [-0.25, -0.2) is 0 Å². The Hall–Kier alpha value is -2.56. The van der Waals surface area contributed by atoms with Crippen LogP contribution in [-0.4, -0.2) is 16.9 Å². The summed E-state index contributed by atoms with van der Waals surface area (Å²) in [6.45, 7) is 0.253. The highest BCUT2D eigenvalue weighted by molar-refractivity contribution is 5.95. The molecular formula is C18H18N2O3. The summed E-state index contributed by atoms with van der Waals surface area (Å²) in [6.07, 6.45) is 3.91. The number of nitrogens with one attached hydrogen (secondary N) is 2. The first kappa shape index (κ1) is 14.1. The van der Waals surface area contributed by atoms with Gasteiger partial charge in [0.15, 0.2) is 11.4 Å². The number of hydrogen-bond donors (Lipinski definition) is 2. The standard InChI is InChI=1S/C18H18N2O3/c21-14-6-7-19-16(18(22)20-15-12-8-13(15)9-12)17(14)23-10-11-4-2-1-3-5-11/h1-7,12-13,15H,8-10H2,(H,19,21)(H,20,22). The monoisotopic (exact) mass is 310 g/mol. The maximum absolute atomic E-state index is 12.4. The lowest BCUT2D eigenvalue weighted by Gasteiger charge is -2.58. The minimum Gasteiger partial charge on any atom is -0.483 e. The van der Waals surface area contributed by atoms with Gasteiger partial charge in [-0.05, 0) is 30.2 Å². The van der Waals surface area contributed by atoms with E-state index in [4.69, 9.17) is 4.74 Å². The van der Waals surface area contributed by atoms with Crippen LogP contribution in [0.2, 0.25) is 0 Å². The topological polar surface area (TPSA) is 71.2 Å². The Morgan fingerprint density at radius 2 is 1.91 bits per heavy atom. The second-order valence-electron chi connectivity index (χ2n) is 6.31. The van der Waals surface area contributed by atoms with E-state index in [1.165, 1.54) is 25.1 Å². The number of carbonyl (C=O) groups is 1. The number of benzene rings is 1. The quantitative estimate of drug-likeness (QED) is 0.888. The lowest BCUT2D eigenvalue weighted by molar-refractivity contribution is -0.0368. The van der Waals surface area contributed by atoms with Crippen molar-refractivity contribution in [2.24, 2.45) is 11.8 Å². The van der Waals surface area contributed by atoms with Crippen molar-refractivity contribution in [3.8, 4) is 5.75 Å². The van der Waals surface area contributed by atoms with E-state index in [0.717, 1.165) is 5.56 Å². The molecular weight excluding hydrogens is 292 g/mol. The summed E-state index contributed by atoms with van der Waals surface area (Å²) in [5.74, 6) is 1.06. The van der Waals surface area contributed by atoms with Gasteiger partial charge in [0.05, 0.1) is 0 Å². The molecule has 5 rings (SSSR count). The van der Waals surface area contributed by atoms with Crippen LogP contribution < -0.4 is 15.5 Å². The van der Waals surface area contributed by atoms with E-state index in [1.54, 1.807) is 0 Å². The van der Waals surface area contributed by atoms with Crippen molar-refractivity contribution in [3.63, 3.8) is 0 Å². The van der Waals surface area contributed by atoms with E-state index in [0.29, 0.717) is 11.8 Å². The van der Waals surface area contributed by atoms with Crippen molar-refractivity contribution >= 4 is 5.91 Å². The summed E-state index contributed by atoms with van der Waals surface area (Å²) in [6, 6.07) is 11.2. The summed E-state index contributed by atoms with van der Waals surface area (Å²) >= 11 is 0. The van der Waals surface area contributed by atoms with E-state index >= 15 is 0 Å². The van der Waals surface area contributed by atoms with Gasteiger partial charge in [-0.15, -0.1) is 0 Å². The number of hydrogen-bond acceptors (Lipinski definition) is 3. The predicted octanol–water partition coefficient (Wildman–Crippen LogP) is 2.09. The van der Waals surface area contributed by atoms with Gasteiger partial charge < -0.3 is 15.0 Å². The molecule has 118 valence electrons. The van der Waals surface area contributed by atoms with Gasteiger partial charge in [0.2, 0.25) is 5.43 Å². The summed E-state index contributed by atoms with van der Waals surface area (Å²) in [5, 5.41) is 3.01. The normalized spacial score (nSPS) is 24.3. The molecule has 5 nitrogen and oxygen atoms in total. The molecule has 3 aliphatic rings. The third kappa shape index (κ3) is 2.52. The van der Waals surface area contributed by atoms with Gasteiger partial charge in [-0.2, -0.15) is 0 Å². The molecule has 1 amide bonds. The number of amides is 1. The number of aromatic amines is 1. The molecule has 3 fully saturated rings. The Bertz CT molecular complexity index is 770. The largest absolute Gasteiger partial charge is 0.483 e. The van der Waals surface area contributed by atoms with Gasteiger partial charge in [0, 0.05) is 18.3 Å². The molecule has 1 aromatic carbocycles. The third-order valence-corrected chi connectivity index (χ3v) is 4.89. The van der Waals surface area contributed by atoms with Crippen LogP contribution >= 0.6 is 0 Å². The summed E-state index contributed by atoms with van der Waals surface area (Å²) in [7, 11) is 0. The first-order chi connectivity index (χ1) is 11.2. The van der Waals surface area contributed by atoms with Crippen molar-refractivity contribution in [2.75, 3.05) is 0 Å². The SMILES string of the molecule is O=C(NC1C2CC1C2)c1[nH]ccc(=O)c1OCc1ccccc1. The molecule has 5 heteroatoms. The van der Waals surface area contributed by atoms with Crippen LogP contribution in [0.15, 0.2) is 47.4 Å². The average Bonchev–Trinajstić information content (AvgIpc) is 2.50. The minimum absolute atomic E-state index is 0.0850. The molecule has 2 bridgehead atoms. The average molecular weight is 310 g/mol. The Balaban J connectivity index is 1.51. The number of H-pyrrole nitrogens is 1. The van der Waals surface area contributed by atoms with Gasteiger partial charge >= 0.3 is 0 Å². The molecule has 2 N–H and O–H groups in total. The minimum atomic E-state index is -0.288. The van der Waals surface area contributed by atoms with Crippen LogP contribution in [-0.2, 0) is 6.61 Å². The number of pyridine rings is 1. The van der Waals surface area contributed by atoms with E-state index in [1.807, 2.05) is 30.3 Å². The summed E-state index contributed by atoms with van der Waals surface area (Å²) in [4.78, 5) is 27.4. The van der Waals surface area contributed by atoms with E-state index < -0.39 is 0 Å². The maximum Gasteiger partial charge on any atom is 0.271 e. The highest BCUT2D eigenvalue weighted by Crippen LogP contribution is 2.53. The van der Waals surface area contributed by atoms with Crippen molar-refractivity contribution < 1.29 is 9.53 Å². The van der Waals surface area contributed by atoms with Crippen LogP contribution in [0.25, 0.3) is 0 Å². The molecule has 23 heavy (non-hydrogen) atoms. The van der Waals surface area contributed by atoms with Gasteiger partial charge in [-0.3, -0.25) is 9.59 Å². The summed E-state index contributed by atoms with van der Waals surface area (Å²) in [5.41, 5.74) is 0.866. The molecule has 1 heterocycles. The number of aromatic nitrogens is 1. The molecule has 0 atom stereocenters. The fraction of sp³-hybridized carbons (Fsp3) is 0.333. The maximum atomic E-state index is 12.4. The lowest BCUT2D eigenvalue weighted by Crippen LogP contribution is -2.63. The van der Waals surface area contributed by atoms with Crippen LogP contribution in [0.1, 0.15) is 28.9 Å². The molecule has 3 aliphatic carbocycles. The van der Waals surface area contributed by atoms with Gasteiger partial charge in [-0.1, -0.05) is 30.3 Å². The molecule has 0 radical (unpaired) electrons. The smallest absolute Gasteiger partial charge is 0.271 e. The fourth-order valence-corrected chi connectivity index (χ4v) is 3.25. The Morgan fingerprint density at radius 3 is 2.57 bits per heavy atom. The van der Waals surface area contributed by atoms with E-state index in [2.05, 4.69) is 10.3 Å². The second kappa shape index (κ2) is 5.57. The van der Waals surface area contributed by atoms with Crippen LogP contribution in [0.4, 0.5) is 0 Å². The van der Waals surface area contributed by atoms with Crippen molar-refractivity contribution in [2.45, 2.75) is 25.5 Å². The zero-order chi connectivity index (χ0) is 15.8. The first-order valence-corrected chi connectivity index (χ1v) is 7.91. The Labute approximate surface area is 133 Å². The van der Waals surface area contributed by atoms with E-state index in [9.17, 15) is 9.59 Å². The Kier molecular flexibility index (Phi) is 3.41. The molecule has 0 aliphatic heterocycles. The number of ether oxygens (including phenoxy) is 1. The summed E-state index contributed by atoms with van der Waals surface area (Å²) < 4.78 is 5.64. The van der Waals surface area contributed by atoms with Crippen LogP contribution in [0.3, 0.4) is 0 Å². The van der Waals surface area contributed by atoms with Gasteiger partial charge in [0.25, 0.3) is 5.91 Å². The molecule has 2 aromatic rings. The van der Waals surface area contributed by atoms with E-state index in [-0.39, 0.29) is 35.4 Å². The predicted molar refractivity (Wildman–Crippen MR) is 85.3 cm³/mol. The lowest BCUT2D eigenvalue weighted by atomic mass is 9.52. The zero-order valence-electron chi connectivity index (χ0n) is 12.6. The number of carbonyl (C=O) groups excluding carboxylic acids is 1. The molecule has 1 aromatic heterocycles. The van der Waals surface area contributed by atoms with Crippen molar-refractivity contribution in [1.29, 1.82) is 0 Å². The molecule has 0 saturated heterocycles. The highest BCUT2D eigenvalue weighted by atomic mass is 16.5. The van der Waals surface area contributed by atoms with Crippen molar-refractivity contribution in [3.05, 3.63) is 64.1 Å². The number of rotatable bonds is 5. The third-order valence-electron chi connectivity index (χ3n) is 4.89. The molecule has 3 saturated carbocycles. The molecule has 0 spiro atoms. The zero-order valence-corrected chi connectivity index (χ0v) is 12.6. The highest BCUT2D eigenvalue weighted by Gasteiger charge is 2.53. The second-order valence-corrected chi connectivity index (χ2v) is 6.31.